The lowest BCUT2D eigenvalue weighted by Crippen LogP contribution is -2.44. The Morgan fingerprint density at radius 1 is 1.24 bits per heavy atom. The lowest BCUT2D eigenvalue weighted by molar-refractivity contribution is -0.126. The monoisotopic (exact) mass is 368 g/mol. The molecule has 1 heterocycles. The quantitative estimate of drug-likeness (QED) is 0.787. The summed E-state index contributed by atoms with van der Waals surface area (Å²) in [7, 11) is 0. The zero-order valence-electron chi connectivity index (χ0n) is 13.8. The van der Waals surface area contributed by atoms with Gasteiger partial charge in [-0.15, -0.1) is 0 Å². The first-order valence-electron chi connectivity index (χ1n) is 7.73. The molecule has 1 atom stereocenters. The van der Waals surface area contributed by atoms with E-state index < -0.39 is 29.5 Å². The molecule has 0 spiro atoms. The van der Waals surface area contributed by atoms with Gasteiger partial charge in [0.05, 0.1) is 6.42 Å². The molecule has 25 heavy (non-hydrogen) atoms. The van der Waals surface area contributed by atoms with Crippen LogP contribution in [0, 0.1) is 18.6 Å². The Labute approximate surface area is 147 Å². The molecule has 1 unspecified atom stereocenters. The van der Waals surface area contributed by atoms with Crippen LogP contribution in [-0.2, 0) is 16.0 Å². The van der Waals surface area contributed by atoms with Crippen molar-refractivity contribution in [3.63, 3.8) is 0 Å². The highest BCUT2D eigenvalue weighted by molar-refractivity contribution is 7.09. The molecule has 0 aliphatic heterocycles. The number of hydrogen-bond acceptors (Lipinski definition) is 5. The van der Waals surface area contributed by atoms with Crippen molar-refractivity contribution in [2.24, 2.45) is 0 Å². The molecule has 1 aromatic heterocycles. The molecular formula is C16H18F2N4O2S. The van der Waals surface area contributed by atoms with Crippen LogP contribution in [0.25, 0.3) is 0 Å². The van der Waals surface area contributed by atoms with Crippen molar-refractivity contribution in [3.05, 3.63) is 41.2 Å². The van der Waals surface area contributed by atoms with Gasteiger partial charge in [-0.1, -0.05) is 13.3 Å². The van der Waals surface area contributed by atoms with Crippen molar-refractivity contribution < 1.29 is 18.4 Å². The number of halogens is 2. The zero-order chi connectivity index (χ0) is 18.4. The predicted octanol–water partition coefficient (Wildman–Crippen LogP) is 2.59. The number of benzene rings is 1. The normalized spacial score (nSPS) is 11.8. The van der Waals surface area contributed by atoms with E-state index in [1.54, 1.807) is 6.92 Å². The summed E-state index contributed by atoms with van der Waals surface area (Å²) in [5.41, 5.74) is 0.199. The van der Waals surface area contributed by atoms with E-state index in [4.69, 9.17) is 0 Å². The highest BCUT2D eigenvalue weighted by Gasteiger charge is 2.21. The van der Waals surface area contributed by atoms with Crippen LogP contribution in [-0.4, -0.2) is 27.2 Å². The van der Waals surface area contributed by atoms with Gasteiger partial charge in [-0.25, -0.2) is 13.8 Å². The first-order chi connectivity index (χ1) is 11.9. The van der Waals surface area contributed by atoms with E-state index >= 15 is 0 Å². The van der Waals surface area contributed by atoms with Crippen molar-refractivity contribution >= 4 is 28.5 Å². The van der Waals surface area contributed by atoms with Crippen molar-refractivity contribution in [1.29, 1.82) is 0 Å². The molecule has 2 amide bonds. The van der Waals surface area contributed by atoms with Gasteiger partial charge < -0.3 is 5.32 Å². The Bertz CT molecular complexity index is 746. The fourth-order valence-corrected chi connectivity index (χ4v) is 2.82. The maximum absolute atomic E-state index is 13.2. The minimum atomic E-state index is -0.764. The van der Waals surface area contributed by atoms with Gasteiger partial charge in [0.15, 0.2) is 0 Å². The van der Waals surface area contributed by atoms with Gasteiger partial charge in [-0.05, 0) is 31.0 Å². The van der Waals surface area contributed by atoms with E-state index in [0.29, 0.717) is 23.8 Å². The Morgan fingerprint density at radius 2 is 1.92 bits per heavy atom. The van der Waals surface area contributed by atoms with E-state index in [2.05, 4.69) is 20.0 Å². The molecule has 9 heteroatoms. The molecular weight excluding hydrogens is 350 g/mol. The molecule has 0 aliphatic carbocycles. The van der Waals surface area contributed by atoms with Crippen molar-refractivity contribution in [3.8, 4) is 0 Å². The Morgan fingerprint density at radius 3 is 2.48 bits per heavy atom. The summed E-state index contributed by atoms with van der Waals surface area (Å²) in [6, 6.07) is 2.14. The fraction of sp³-hybridized carbons (Fsp3) is 0.375. The smallest absolute Gasteiger partial charge is 0.248 e. The number of aromatic nitrogens is 2. The van der Waals surface area contributed by atoms with Crippen LogP contribution in [0.4, 0.5) is 13.9 Å². The second-order valence-corrected chi connectivity index (χ2v) is 6.25. The standard InChI is InChI=1S/C16H18F2N4O2S/c1-3-4-13(15(24)21-16-19-9(2)22-25-16)20-14(23)7-10-5-11(17)8-12(18)6-10/h5-6,8,13H,3-4,7H2,1-2H3,(H,20,23)(H,19,21,22,24). The highest BCUT2D eigenvalue weighted by Crippen LogP contribution is 2.12. The molecule has 0 radical (unpaired) electrons. The van der Waals surface area contributed by atoms with Crippen molar-refractivity contribution in [1.82, 2.24) is 14.7 Å². The molecule has 2 aromatic rings. The SMILES string of the molecule is CCCC(NC(=O)Cc1cc(F)cc(F)c1)C(=O)Nc1nc(C)ns1. The minimum absolute atomic E-state index is 0.199. The third-order valence-corrected chi connectivity index (χ3v) is 4.00. The van der Waals surface area contributed by atoms with Gasteiger partial charge >= 0.3 is 0 Å². The Balaban J connectivity index is 1.99. The molecule has 0 saturated heterocycles. The number of hydrogen-bond donors (Lipinski definition) is 2. The maximum Gasteiger partial charge on any atom is 0.248 e. The summed E-state index contributed by atoms with van der Waals surface area (Å²) >= 11 is 1.05. The lowest BCUT2D eigenvalue weighted by Gasteiger charge is -2.17. The fourth-order valence-electron chi connectivity index (χ4n) is 2.24. The third kappa shape index (κ3) is 5.86. The summed E-state index contributed by atoms with van der Waals surface area (Å²) in [5, 5.41) is 5.55. The minimum Gasteiger partial charge on any atom is -0.344 e. The van der Waals surface area contributed by atoms with E-state index in [9.17, 15) is 18.4 Å². The van der Waals surface area contributed by atoms with Crippen LogP contribution in [0.2, 0.25) is 0 Å². The van der Waals surface area contributed by atoms with E-state index in [-0.39, 0.29) is 12.0 Å². The molecule has 1 aromatic carbocycles. The largest absolute Gasteiger partial charge is 0.344 e. The molecule has 0 bridgehead atoms. The van der Waals surface area contributed by atoms with Crippen LogP contribution in [0.3, 0.4) is 0 Å². The average Bonchev–Trinajstić information content (AvgIpc) is 2.90. The first-order valence-corrected chi connectivity index (χ1v) is 8.50. The van der Waals surface area contributed by atoms with Gasteiger partial charge in [0.2, 0.25) is 16.9 Å². The van der Waals surface area contributed by atoms with Gasteiger partial charge in [0, 0.05) is 17.6 Å². The van der Waals surface area contributed by atoms with E-state index in [1.165, 1.54) is 0 Å². The van der Waals surface area contributed by atoms with Crippen LogP contribution < -0.4 is 10.6 Å². The maximum atomic E-state index is 13.2. The van der Waals surface area contributed by atoms with Gasteiger partial charge in [-0.3, -0.25) is 14.9 Å². The second kappa shape index (κ2) is 8.61. The van der Waals surface area contributed by atoms with Gasteiger partial charge in [-0.2, -0.15) is 4.37 Å². The molecule has 2 rings (SSSR count). The molecule has 0 fully saturated rings. The summed E-state index contributed by atoms with van der Waals surface area (Å²) < 4.78 is 30.3. The topological polar surface area (TPSA) is 84.0 Å². The van der Waals surface area contributed by atoms with Crippen LogP contribution in [0.5, 0.6) is 0 Å². The average molecular weight is 368 g/mol. The number of nitrogens with one attached hydrogen (secondary N) is 2. The Hall–Kier alpha value is -2.42. The number of carbonyl (C=O) groups is 2. The Kier molecular flexibility index (Phi) is 6.51. The van der Waals surface area contributed by atoms with Crippen LogP contribution in [0.15, 0.2) is 18.2 Å². The van der Waals surface area contributed by atoms with Gasteiger partial charge in [0.1, 0.15) is 23.5 Å². The summed E-state index contributed by atoms with van der Waals surface area (Å²) in [6.07, 6.45) is 0.870. The summed E-state index contributed by atoms with van der Waals surface area (Å²) in [6.45, 7) is 3.58. The molecule has 0 saturated carbocycles. The number of carbonyl (C=O) groups excluding carboxylic acids is 2. The number of aryl methyl sites for hydroxylation is 1. The number of rotatable bonds is 7. The van der Waals surface area contributed by atoms with Crippen LogP contribution in [0.1, 0.15) is 31.2 Å². The first kappa shape index (κ1) is 18.9. The predicted molar refractivity (Wildman–Crippen MR) is 90.2 cm³/mol. The molecule has 134 valence electrons. The molecule has 0 aliphatic rings. The number of amides is 2. The van der Waals surface area contributed by atoms with Crippen molar-refractivity contribution in [2.45, 2.75) is 39.2 Å². The second-order valence-electron chi connectivity index (χ2n) is 5.50. The summed E-state index contributed by atoms with van der Waals surface area (Å²) in [5.74, 6) is -1.86. The third-order valence-electron chi connectivity index (χ3n) is 3.27. The van der Waals surface area contributed by atoms with Crippen molar-refractivity contribution in [2.75, 3.05) is 5.32 Å². The molecule has 2 N–H and O–H groups in total. The lowest BCUT2D eigenvalue weighted by atomic mass is 10.1. The van der Waals surface area contributed by atoms with Crippen LogP contribution >= 0.6 is 11.5 Å². The van der Waals surface area contributed by atoms with Gasteiger partial charge in [0.25, 0.3) is 0 Å². The zero-order valence-corrected chi connectivity index (χ0v) is 14.6. The summed E-state index contributed by atoms with van der Waals surface area (Å²) in [4.78, 5) is 28.5. The van der Waals surface area contributed by atoms with E-state index in [0.717, 1.165) is 29.7 Å². The van der Waals surface area contributed by atoms with E-state index in [1.807, 2.05) is 6.92 Å². The highest BCUT2D eigenvalue weighted by atomic mass is 32.1. The number of nitrogens with zero attached hydrogens (tertiary/aromatic N) is 2. The number of anilines is 1. The molecule has 6 nitrogen and oxygen atoms in total.